The molecule has 2 rings (SSSR count). The fourth-order valence-electron chi connectivity index (χ4n) is 2.86. The van der Waals surface area contributed by atoms with Gasteiger partial charge in [-0.25, -0.2) is 9.59 Å². The van der Waals surface area contributed by atoms with Gasteiger partial charge in [0.1, 0.15) is 0 Å². The van der Waals surface area contributed by atoms with Gasteiger partial charge < -0.3 is 10.1 Å². The smallest absolute Gasteiger partial charge is 0.337 e. The van der Waals surface area contributed by atoms with Crippen LogP contribution in [-0.4, -0.2) is 30.6 Å². The molecular weight excluding hydrogens is 292 g/mol. The molecule has 0 saturated heterocycles. The Morgan fingerprint density at radius 3 is 2.39 bits per heavy atom. The molecule has 0 aliphatic carbocycles. The number of esters is 1. The van der Waals surface area contributed by atoms with Gasteiger partial charge in [0.15, 0.2) is 0 Å². The molecule has 0 fully saturated rings. The number of ether oxygens (including phenoxy) is 1. The molecule has 0 saturated carbocycles. The largest absolute Gasteiger partial charge is 0.466 e. The van der Waals surface area contributed by atoms with Crippen LogP contribution in [0, 0.1) is 0 Å². The van der Waals surface area contributed by atoms with Crippen LogP contribution >= 0.6 is 0 Å². The molecule has 2 amide bonds. The zero-order chi connectivity index (χ0) is 17.1. The second-order valence-electron chi connectivity index (χ2n) is 5.94. The van der Waals surface area contributed by atoms with Gasteiger partial charge in [-0.15, -0.1) is 0 Å². The monoisotopic (exact) mass is 316 g/mol. The molecule has 5 nitrogen and oxygen atoms in total. The summed E-state index contributed by atoms with van der Waals surface area (Å²) < 4.78 is 4.93. The van der Waals surface area contributed by atoms with Gasteiger partial charge in [-0.1, -0.05) is 38.1 Å². The lowest BCUT2D eigenvalue weighted by Crippen LogP contribution is -2.47. The molecule has 124 valence electrons. The Hall–Kier alpha value is -2.30. The molecule has 0 radical (unpaired) electrons. The SMILES string of the molecule is CCN1C(=O)N[C@H](c2ccc(C(C)C)cc2)C(C(=O)OC)=C1C. The minimum atomic E-state index is -0.487. The fraction of sp³-hybridized carbons (Fsp3) is 0.444. The second-order valence-corrected chi connectivity index (χ2v) is 5.94. The Morgan fingerprint density at radius 2 is 1.91 bits per heavy atom. The van der Waals surface area contributed by atoms with Crippen molar-refractivity contribution in [2.45, 2.75) is 39.7 Å². The number of nitrogens with one attached hydrogen (secondary N) is 1. The first-order valence-electron chi connectivity index (χ1n) is 7.87. The molecule has 5 heteroatoms. The molecule has 0 bridgehead atoms. The number of hydrogen-bond donors (Lipinski definition) is 1. The zero-order valence-electron chi connectivity index (χ0n) is 14.3. The van der Waals surface area contributed by atoms with Crippen molar-refractivity contribution in [3.05, 3.63) is 46.7 Å². The highest BCUT2D eigenvalue weighted by molar-refractivity contribution is 5.94. The van der Waals surface area contributed by atoms with Crippen LogP contribution in [0.25, 0.3) is 0 Å². The lowest BCUT2D eigenvalue weighted by Gasteiger charge is -2.34. The van der Waals surface area contributed by atoms with Gasteiger partial charge in [-0.2, -0.15) is 0 Å². The van der Waals surface area contributed by atoms with E-state index in [4.69, 9.17) is 4.74 Å². The Morgan fingerprint density at radius 1 is 1.30 bits per heavy atom. The van der Waals surface area contributed by atoms with Crippen LogP contribution in [0.4, 0.5) is 4.79 Å². The maximum atomic E-state index is 12.3. The molecule has 0 aromatic heterocycles. The van der Waals surface area contributed by atoms with Crippen molar-refractivity contribution in [1.82, 2.24) is 10.2 Å². The van der Waals surface area contributed by atoms with E-state index in [1.54, 1.807) is 11.8 Å². The highest BCUT2D eigenvalue weighted by atomic mass is 16.5. The third-order valence-electron chi connectivity index (χ3n) is 4.25. The van der Waals surface area contributed by atoms with Gasteiger partial charge in [0, 0.05) is 12.2 Å². The van der Waals surface area contributed by atoms with Gasteiger partial charge in [-0.3, -0.25) is 4.90 Å². The average molecular weight is 316 g/mol. The van der Waals surface area contributed by atoms with Crippen LogP contribution in [0.1, 0.15) is 50.8 Å². The standard InChI is InChI=1S/C18H24N2O3/c1-6-20-12(4)15(17(21)23-5)16(19-18(20)22)14-9-7-13(8-10-14)11(2)3/h7-11,16H,6H2,1-5H3,(H,19,22)/t16-/m1/s1. The molecular formula is C18H24N2O3. The predicted molar refractivity (Wildman–Crippen MR) is 88.9 cm³/mol. The summed E-state index contributed by atoms with van der Waals surface area (Å²) in [6.07, 6.45) is 0. The third-order valence-corrected chi connectivity index (χ3v) is 4.25. The van der Waals surface area contributed by atoms with Crippen LogP contribution < -0.4 is 5.32 Å². The molecule has 1 aromatic carbocycles. The van der Waals surface area contributed by atoms with Gasteiger partial charge in [-0.05, 0) is 30.9 Å². The van der Waals surface area contributed by atoms with E-state index in [0.29, 0.717) is 23.7 Å². The van der Waals surface area contributed by atoms with Crippen LogP contribution in [0.2, 0.25) is 0 Å². The van der Waals surface area contributed by atoms with Crippen LogP contribution in [-0.2, 0) is 9.53 Å². The van der Waals surface area contributed by atoms with Crippen molar-refractivity contribution in [2.75, 3.05) is 13.7 Å². The summed E-state index contributed by atoms with van der Waals surface area (Å²) in [6, 6.07) is 7.29. The number of hydrogen-bond acceptors (Lipinski definition) is 3. The van der Waals surface area contributed by atoms with E-state index in [1.165, 1.54) is 12.7 Å². The van der Waals surface area contributed by atoms with Crippen molar-refractivity contribution in [1.29, 1.82) is 0 Å². The lowest BCUT2D eigenvalue weighted by molar-refractivity contribution is -0.136. The third kappa shape index (κ3) is 3.23. The summed E-state index contributed by atoms with van der Waals surface area (Å²) in [5, 5.41) is 2.91. The molecule has 1 N–H and O–H groups in total. The minimum absolute atomic E-state index is 0.199. The van der Waals surface area contributed by atoms with E-state index >= 15 is 0 Å². The van der Waals surface area contributed by atoms with Crippen molar-refractivity contribution < 1.29 is 14.3 Å². The van der Waals surface area contributed by atoms with Crippen LogP contribution in [0.5, 0.6) is 0 Å². The van der Waals surface area contributed by atoms with Gasteiger partial charge in [0.2, 0.25) is 0 Å². The molecule has 1 aromatic rings. The summed E-state index contributed by atoms with van der Waals surface area (Å²) in [6.45, 7) is 8.40. The Kier molecular flexibility index (Phi) is 5.08. The summed E-state index contributed by atoms with van der Waals surface area (Å²) >= 11 is 0. The number of methoxy groups -OCH3 is 1. The number of amides is 2. The normalized spacial score (nSPS) is 18.3. The molecule has 1 aliphatic rings. The van der Waals surface area contributed by atoms with E-state index in [9.17, 15) is 9.59 Å². The molecule has 1 atom stereocenters. The highest BCUT2D eigenvalue weighted by Gasteiger charge is 2.35. The van der Waals surface area contributed by atoms with Crippen molar-refractivity contribution in [3.8, 4) is 0 Å². The summed E-state index contributed by atoms with van der Waals surface area (Å²) in [5.41, 5.74) is 3.21. The van der Waals surface area contributed by atoms with E-state index in [1.807, 2.05) is 31.2 Å². The van der Waals surface area contributed by atoms with Crippen molar-refractivity contribution >= 4 is 12.0 Å². The van der Waals surface area contributed by atoms with Crippen LogP contribution in [0.3, 0.4) is 0 Å². The Labute approximate surface area is 137 Å². The average Bonchev–Trinajstić information content (AvgIpc) is 2.54. The van der Waals surface area contributed by atoms with Crippen molar-refractivity contribution in [3.63, 3.8) is 0 Å². The Bertz CT molecular complexity index is 632. The highest BCUT2D eigenvalue weighted by Crippen LogP contribution is 2.31. The summed E-state index contributed by atoms with van der Waals surface area (Å²) in [5.74, 6) is 0.0109. The second kappa shape index (κ2) is 6.86. The maximum absolute atomic E-state index is 12.3. The topological polar surface area (TPSA) is 58.6 Å². The zero-order valence-corrected chi connectivity index (χ0v) is 14.3. The molecule has 1 aliphatic heterocycles. The number of allylic oxidation sites excluding steroid dienone is 1. The predicted octanol–water partition coefficient (Wildman–Crippen LogP) is 3.34. The van der Waals surface area contributed by atoms with Crippen molar-refractivity contribution in [2.24, 2.45) is 0 Å². The molecule has 1 heterocycles. The first-order chi connectivity index (χ1) is 10.9. The lowest BCUT2D eigenvalue weighted by atomic mass is 9.92. The van der Waals surface area contributed by atoms with E-state index in [2.05, 4.69) is 19.2 Å². The Balaban J connectivity index is 2.48. The summed E-state index contributed by atoms with van der Waals surface area (Å²) in [7, 11) is 1.36. The number of carbonyl (C=O) groups is 2. The number of rotatable bonds is 4. The number of nitrogens with zero attached hydrogens (tertiary/aromatic N) is 1. The number of urea groups is 1. The van der Waals surface area contributed by atoms with E-state index in [-0.39, 0.29) is 6.03 Å². The molecule has 0 unspecified atom stereocenters. The van der Waals surface area contributed by atoms with Gasteiger partial charge in [0.05, 0.1) is 18.7 Å². The molecule has 23 heavy (non-hydrogen) atoms. The minimum Gasteiger partial charge on any atom is -0.466 e. The molecule has 0 spiro atoms. The van der Waals surface area contributed by atoms with Gasteiger partial charge in [0.25, 0.3) is 0 Å². The summed E-state index contributed by atoms with van der Waals surface area (Å²) in [4.78, 5) is 26.1. The first-order valence-corrected chi connectivity index (χ1v) is 7.87. The first kappa shape index (κ1) is 17.1. The van der Waals surface area contributed by atoms with Gasteiger partial charge >= 0.3 is 12.0 Å². The van der Waals surface area contributed by atoms with E-state index < -0.39 is 12.0 Å². The van der Waals surface area contributed by atoms with E-state index in [0.717, 1.165) is 5.56 Å². The number of benzene rings is 1. The van der Waals surface area contributed by atoms with Crippen LogP contribution in [0.15, 0.2) is 35.5 Å². The maximum Gasteiger partial charge on any atom is 0.337 e. The fourth-order valence-corrected chi connectivity index (χ4v) is 2.86. The number of carbonyl (C=O) groups excluding carboxylic acids is 2. The quantitative estimate of drug-likeness (QED) is 0.867.